The molecular weight excluding hydrogens is 148 g/mol. The average molecular weight is 170 g/mol. The van der Waals surface area contributed by atoms with Crippen LogP contribution >= 0.6 is 0 Å². The van der Waals surface area contributed by atoms with Crippen LogP contribution in [0, 0.1) is 11.3 Å². The van der Waals surface area contributed by atoms with Gasteiger partial charge in [0.2, 0.25) is 0 Å². The first-order valence-electron chi connectivity index (χ1n) is 5.06. The van der Waals surface area contributed by atoms with Gasteiger partial charge in [0.15, 0.2) is 0 Å². The molecular formula is C10H22N2. The topological polar surface area (TPSA) is 38.0 Å². The summed E-state index contributed by atoms with van der Waals surface area (Å²) in [6.45, 7) is 6.82. The molecule has 1 atom stereocenters. The molecule has 0 aromatic heterocycles. The third-order valence-corrected chi connectivity index (χ3v) is 3.32. The highest BCUT2D eigenvalue weighted by atomic mass is 15.2. The Labute approximate surface area is 75.9 Å². The summed E-state index contributed by atoms with van der Waals surface area (Å²) >= 11 is 0. The Morgan fingerprint density at radius 2 is 2.08 bits per heavy atom. The van der Waals surface area contributed by atoms with Crippen molar-refractivity contribution < 1.29 is 0 Å². The summed E-state index contributed by atoms with van der Waals surface area (Å²) < 4.78 is 0. The van der Waals surface area contributed by atoms with Crippen molar-refractivity contribution in [3.05, 3.63) is 0 Å². The van der Waals surface area contributed by atoms with Crippen molar-refractivity contribution in [3.63, 3.8) is 0 Å². The highest BCUT2D eigenvalue weighted by Crippen LogP contribution is 2.38. The summed E-state index contributed by atoms with van der Waals surface area (Å²) in [5.74, 6) is 6.52. The van der Waals surface area contributed by atoms with Gasteiger partial charge in [0, 0.05) is 6.04 Å². The van der Waals surface area contributed by atoms with Crippen LogP contribution in [0.2, 0.25) is 0 Å². The smallest absolute Gasteiger partial charge is 0.0264 e. The zero-order valence-electron chi connectivity index (χ0n) is 8.56. The second kappa shape index (κ2) is 3.75. The molecule has 0 amide bonds. The molecule has 0 spiro atoms. The van der Waals surface area contributed by atoms with Crippen molar-refractivity contribution in [3.8, 4) is 0 Å². The van der Waals surface area contributed by atoms with Gasteiger partial charge in [-0.2, -0.15) is 0 Å². The maximum absolute atomic E-state index is 5.56. The molecule has 2 nitrogen and oxygen atoms in total. The minimum absolute atomic E-state index is 0.345. The van der Waals surface area contributed by atoms with Crippen LogP contribution in [-0.4, -0.2) is 6.04 Å². The van der Waals surface area contributed by atoms with Crippen LogP contribution in [0.3, 0.4) is 0 Å². The quantitative estimate of drug-likeness (QED) is 0.489. The molecule has 0 aromatic rings. The van der Waals surface area contributed by atoms with Gasteiger partial charge in [-0.05, 0) is 24.2 Å². The molecule has 0 aliphatic heterocycles. The van der Waals surface area contributed by atoms with Gasteiger partial charge in [-0.1, -0.05) is 33.6 Å². The number of hydrogen-bond donors (Lipinski definition) is 2. The minimum Gasteiger partial charge on any atom is -0.271 e. The summed E-state index contributed by atoms with van der Waals surface area (Å²) in [5, 5.41) is 0. The molecule has 0 radical (unpaired) electrons. The molecule has 72 valence electrons. The van der Waals surface area contributed by atoms with Gasteiger partial charge in [-0.15, -0.1) is 0 Å². The predicted octanol–water partition coefficient (Wildman–Crippen LogP) is 2.05. The molecule has 0 aromatic carbocycles. The minimum atomic E-state index is 0.345. The number of nitrogens with one attached hydrogen (secondary N) is 1. The molecule has 0 bridgehead atoms. The third kappa shape index (κ3) is 2.46. The highest BCUT2D eigenvalue weighted by Gasteiger charge is 2.32. The van der Waals surface area contributed by atoms with Gasteiger partial charge in [-0.25, -0.2) is 0 Å². The zero-order chi connectivity index (χ0) is 9.19. The fourth-order valence-electron chi connectivity index (χ4n) is 1.55. The lowest BCUT2D eigenvalue weighted by molar-refractivity contribution is 0.214. The third-order valence-electron chi connectivity index (χ3n) is 3.32. The molecule has 1 fully saturated rings. The van der Waals surface area contributed by atoms with Crippen molar-refractivity contribution in [1.82, 2.24) is 5.43 Å². The van der Waals surface area contributed by atoms with Crippen molar-refractivity contribution >= 4 is 0 Å². The van der Waals surface area contributed by atoms with Gasteiger partial charge in [0.1, 0.15) is 0 Å². The second-order valence-corrected chi connectivity index (χ2v) is 4.74. The SMILES string of the molecule is CCC(C)(C)C(CC1CC1)NN. The van der Waals surface area contributed by atoms with E-state index in [-0.39, 0.29) is 0 Å². The van der Waals surface area contributed by atoms with Crippen LogP contribution < -0.4 is 11.3 Å². The van der Waals surface area contributed by atoms with Gasteiger partial charge < -0.3 is 0 Å². The van der Waals surface area contributed by atoms with Crippen molar-refractivity contribution in [2.45, 2.75) is 52.5 Å². The largest absolute Gasteiger partial charge is 0.271 e. The van der Waals surface area contributed by atoms with Crippen LogP contribution in [0.25, 0.3) is 0 Å². The van der Waals surface area contributed by atoms with Crippen LogP contribution in [-0.2, 0) is 0 Å². The Hall–Kier alpha value is -0.0800. The summed E-state index contributed by atoms with van der Waals surface area (Å²) in [6, 6.07) is 0.495. The molecule has 1 aliphatic rings. The van der Waals surface area contributed by atoms with Gasteiger partial charge >= 0.3 is 0 Å². The number of hydrazine groups is 1. The standard InChI is InChI=1S/C10H22N2/c1-4-10(2,3)9(12-11)7-8-5-6-8/h8-9,12H,4-7,11H2,1-3H3. The summed E-state index contributed by atoms with van der Waals surface area (Å²) in [7, 11) is 0. The molecule has 1 rings (SSSR count). The fraction of sp³-hybridized carbons (Fsp3) is 1.00. The van der Waals surface area contributed by atoms with Crippen LogP contribution in [0.4, 0.5) is 0 Å². The van der Waals surface area contributed by atoms with E-state index in [4.69, 9.17) is 5.84 Å². The molecule has 1 aliphatic carbocycles. The number of hydrogen-bond acceptors (Lipinski definition) is 2. The van der Waals surface area contributed by atoms with Crippen molar-refractivity contribution in [2.75, 3.05) is 0 Å². The Morgan fingerprint density at radius 3 is 2.42 bits per heavy atom. The number of rotatable bonds is 5. The van der Waals surface area contributed by atoms with E-state index in [1.165, 1.54) is 25.7 Å². The molecule has 12 heavy (non-hydrogen) atoms. The molecule has 1 saturated carbocycles. The van der Waals surface area contributed by atoms with E-state index in [0.717, 1.165) is 5.92 Å². The van der Waals surface area contributed by atoms with Gasteiger partial charge in [0.05, 0.1) is 0 Å². The van der Waals surface area contributed by atoms with E-state index in [9.17, 15) is 0 Å². The maximum atomic E-state index is 5.56. The van der Waals surface area contributed by atoms with E-state index >= 15 is 0 Å². The average Bonchev–Trinajstić information content (AvgIpc) is 2.83. The van der Waals surface area contributed by atoms with Crippen LogP contribution in [0.1, 0.15) is 46.5 Å². The monoisotopic (exact) mass is 170 g/mol. The summed E-state index contributed by atoms with van der Waals surface area (Å²) in [6.07, 6.45) is 5.28. The van der Waals surface area contributed by atoms with Gasteiger partial charge in [-0.3, -0.25) is 11.3 Å². The first-order chi connectivity index (χ1) is 5.60. The first kappa shape index (κ1) is 10.0. The number of nitrogens with two attached hydrogens (primary N) is 1. The Morgan fingerprint density at radius 1 is 1.50 bits per heavy atom. The maximum Gasteiger partial charge on any atom is 0.0264 e. The Bertz CT molecular complexity index is 139. The van der Waals surface area contributed by atoms with E-state index in [2.05, 4.69) is 26.2 Å². The van der Waals surface area contributed by atoms with E-state index in [1.54, 1.807) is 0 Å². The second-order valence-electron chi connectivity index (χ2n) is 4.74. The lowest BCUT2D eigenvalue weighted by atomic mass is 9.80. The predicted molar refractivity (Wildman–Crippen MR) is 52.5 cm³/mol. The van der Waals surface area contributed by atoms with Crippen molar-refractivity contribution in [1.29, 1.82) is 0 Å². The highest BCUT2D eigenvalue weighted by molar-refractivity contribution is 4.87. The van der Waals surface area contributed by atoms with E-state index < -0.39 is 0 Å². The first-order valence-corrected chi connectivity index (χ1v) is 5.06. The summed E-state index contributed by atoms with van der Waals surface area (Å²) in [5.41, 5.74) is 3.31. The molecule has 0 saturated heterocycles. The molecule has 2 heteroatoms. The fourth-order valence-corrected chi connectivity index (χ4v) is 1.55. The van der Waals surface area contributed by atoms with Crippen LogP contribution in [0.5, 0.6) is 0 Å². The van der Waals surface area contributed by atoms with E-state index in [0.29, 0.717) is 11.5 Å². The lowest BCUT2D eigenvalue weighted by Gasteiger charge is -2.33. The Kier molecular flexibility index (Phi) is 3.13. The van der Waals surface area contributed by atoms with Gasteiger partial charge in [0.25, 0.3) is 0 Å². The molecule has 0 heterocycles. The van der Waals surface area contributed by atoms with E-state index in [1.807, 2.05) is 0 Å². The summed E-state index contributed by atoms with van der Waals surface area (Å²) in [4.78, 5) is 0. The van der Waals surface area contributed by atoms with Crippen molar-refractivity contribution in [2.24, 2.45) is 17.2 Å². The molecule has 3 N–H and O–H groups in total. The normalized spacial score (nSPS) is 21.0. The van der Waals surface area contributed by atoms with Crippen LogP contribution in [0.15, 0.2) is 0 Å². The zero-order valence-corrected chi connectivity index (χ0v) is 8.56. The molecule has 1 unspecified atom stereocenters. The Balaban J connectivity index is 2.40. The lowest BCUT2D eigenvalue weighted by Crippen LogP contribution is -2.45.